The van der Waals surface area contributed by atoms with Gasteiger partial charge in [0, 0.05) is 5.56 Å². The second kappa shape index (κ2) is 2.49. The molecule has 3 heteroatoms. The van der Waals surface area contributed by atoms with E-state index in [-0.39, 0.29) is 11.3 Å². The van der Waals surface area contributed by atoms with Gasteiger partial charge in [-0.25, -0.2) is 8.78 Å². The monoisotopic (exact) mass is 157 g/mol. The molecule has 0 fully saturated rings. The first-order valence-corrected chi connectivity index (χ1v) is 3.24. The molecule has 1 aromatic carbocycles. The summed E-state index contributed by atoms with van der Waals surface area (Å²) in [5.74, 6) is -1.18. The summed E-state index contributed by atoms with van der Waals surface area (Å²) in [6.45, 7) is 2.92. The van der Waals surface area contributed by atoms with Gasteiger partial charge >= 0.3 is 0 Å². The summed E-state index contributed by atoms with van der Waals surface area (Å²) in [7, 11) is 0. The molecule has 0 saturated heterocycles. The molecule has 1 rings (SSSR count). The quantitative estimate of drug-likeness (QED) is 0.574. The molecule has 0 saturated carbocycles. The normalized spacial score (nSPS) is 10.2. The average molecular weight is 157 g/mol. The molecule has 1 aromatic rings. The third-order valence-corrected chi connectivity index (χ3v) is 1.63. The Hall–Kier alpha value is -1.12. The molecule has 60 valence electrons. The van der Waals surface area contributed by atoms with E-state index in [0.717, 1.165) is 0 Å². The lowest BCUT2D eigenvalue weighted by molar-refractivity contribution is 0.565. The fraction of sp³-hybridized carbons (Fsp3) is 0.250. The Labute approximate surface area is 63.8 Å². The van der Waals surface area contributed by atoms with Crippen LogP contribution < -0.4 is 5.73 Å². The Kier molecular flexibility index (Phi) is 1.81. The van der Waals surface area contributed by atoms with Gasteiger partial charge in [0.1, 0.15) is 5.82 Å². The summed E-state index contributed by atoms with van der Waals surface area (Å²) >= 11 is 0. The van der Waals surface area contributed by atoms with Crippen molar-refractivity contribution < 1.29 is 8.78 Å². The second-order valence-electron chi connectivity index (χ2n) is 2.54. The predicted molar refractivity (Wildman–Crippen MR) is 40.2 cm³/mol. The van der Waals surface area contributed by atoms with E-state index >= 15 is 0 Å². The first-order valence-electron chi connectivity index (χ1n) is 3.24. The number of nitrogen functional groups attached to an aromatic ring is 1. The minimum absolute atomic E-state index is 0.00130. The van der Waals surface area contributed by atoms with Crippen molar-refractivity contribution >= 4 is 5.69 Å². The van der Waals surface area contributed by atoms with Gasteiger partial charge in [0.15, 0.2) is 5.82 Å². The predicted octanol–water partition coefficient (Wildman–Crippen LogP) is 2.16. The molecule has 0 unspecified atom stereocenters. The maximum Gasteiger partial charge on any atom is 0.151 e. The maximum absolute atomic E-state index is 12.9. The van der Waals surface area contributed by atoms with Crippen LogP contribution in [0.4, 0.5) is 14.5 Å². The smallest absolute Gasteiger partial charge is 0.151 e. The molecule has 0 atom stereocenters. The number of hydrogen-bond acceptors (Lipinski definition) is 1. The van der Waals surface area contributed by atoms with E-state index in [9.17, 15) is 8.78 Å². The Morgan fingerprint density at radius 1 is 1.18 bits per heavy atom. The van der Waals surface area contributed by atoms with E-state index in [4.69, 9.17) is 5.73 Å². The molecule has 0 radical (unpaired) electrons. The van der Waals surface area contributed by atoms with Crippen LogP contribution in [0, 0.1) is 25.5 Å². The van der Waals surface area contributed by atoms with Gasteiger partial charge < -0.3 is 5.73 Å². The molecule has 0 bridgehead atoms. The summed E-state index contributed by atoms with van der Waals surface area (Å²) in [6, 6.07) is 1.29. The van der Waals surface area contributed by atoms with E-state index in [1.54, 1.807) is 6.92 Å². The van der Waals surface area contributed by atoms with Gasteiger partial charge in [-0.1, -0.05) is 0 Å². The van der Waals surface area contributed by atoms with E-state index < -0.39 is 11.6 Å². The van der Waals surface area contributed by atoms with Gasteiger partial charge in [0.05, 0.1) is 5.69 Å². The summed E-state index contributed by atoms with van der Waals surface area (Å²) in [4.78, 5) is 0. The molecule has 0 heterocycles. The largest absolute Gasteiger partial charge is 0.396 e. The fourth-order valence-corrected chi connectivity index (χ4v) is 0.969. The number of hydrogen-bond donors (Lipinski definition) is 1. The van der Waals surface area contributed by atoms with Crippen molar-refractivity contribution in [1.82, 2.24) is 0 Å². The summed E-state index contributed by atoms with van der Waals surface area (Å²) < 4.78 is 25.7. The third kappa shape index (κ3) is 1.18. The lowest BCUT2D eigenvalue weighted by Gasteiger charge is -2.04. The standard InChI is InChI=1S/C8H9F2N/c1-4-3-6(11)8(10)5(2)7(4)9/h3H,11H2,1-2H3. The Morgan fingerprint density at radius 2 is 1.73 bits per heavy atom. The molecule has 0 aliphatic rings. The minimum atomic E-state index is -0.659. The fourth-order valence-electron chi connectivity index (χ4n) is 0.969. The van der Waals surface area contributed by atoms with Gasteiger partial charge in [-0.3, -0.25) is 0 Å². The Morgan fingerprint density at radius 3 is 2.27 bits per heavy atom. The van der Waals surface area contributed by atoms with Crippen molar-refractivity contribution in [1.29, 1.82) is 0 Å². The zero-order valence-corrected chi connectivity index (χ0v) is 6.41. The Balaban J connectivity index is 3.46. The number of anilines is 1. The third-order valence-electron chi connectivity index (χ3n) is 1.63. The minimum Gasteiger partial charge on any atom is -0.396 e. The van der Waals surface area contributed by atoms with Gasteiger partial charge in [-0.15, -0.1) is 0 Å². The zero-order chi connectivity index (χ0) is 8.59. The van der Waals surface area contributed by atoms with Crippen LogP contribution in [-0.4, -0.2) is 0 Å². The lowest BCUT2D eigenvalue weighted by Crippen LogP contribution is -1.98. The average Bonchev–Trinajstić information content (AvgIpc) is 1.97. The molecule has 11 heavy (non-hydrogen) atoms. The van der Waals surface area contributed by atoms with E-state index in [2.05, 4.69) is 0 Å². The number of halogens is 2. The zero-order valence-electron chi connectivity index (χ0n) is 6.41. The van der Waals surface area contributed by atoms with Gasteiger partial charge in [0.25, 0.3) is 0 Å². The van der Waals surface area contributed by atoms with Gasteiger partial charge in [-0.05, 0) is 25.5 Å². The van der Waals surface area contributed by atoms with E-state index in [1.807, 2.05) is 0 Å². The van der Waals surface area contributed by atoms with Crippen LogP contribution in [0.3, 0.4) is 0 Å². The summed E-state index contributed by atoms with van der Waals surface area (Å²) in [5.41, 5.74) is 5.61. The SMILES string of the molecule is Cc1cc(N)c(F)c(C)c1F. The second-order valence-corrected chi connectivity index (χ2v) is 2.54. The van der Waals surface area contributed by atoms with Gasteiger partial charge in [0.2, 0.25) is 0 Å². The van der Waals surface area contributed by atoms with Crippen molar-refractivity contribution in [2.45, 2.75) is 13.8 Å². The van der Waals surface area contributed by atoms with Crippen LogP contribution in [0.2, 0.25) is 0 Å². The van der Waals surface area contributed by atoms with Crippen molar-refractivity contribution in [3.8, 4) is 0 Å². The van der Waals surface area contributed by atoms with Crippen molar-refractivity contribution in [3.05, 3.63) is 28.8 Å². The topological polar surface area (TPSA) is 26.0 Å². The maximum atomic E-state index is 12.9. The molecule has 0 aliphatic carbocycles. The van der Waals surface area contributed by atoms with Crippen LogP contribution >= 0.6 is 0 Å². The van der Waals surface area contributed by atoms with Crippen LogP contribution in [0.1, 0.15) is 11.1 Å². The molecular formula is C8H9F2N. The molecular weight excluding hydrogens is 148 g/mol. The lowest BCUT2D eigenvalue weighted by atomic mass is 10.1. The molecule has 2 N–H and O–H groups in total. The highest BCUT2D eigenvalue weighted by atomic mass is 19.1. The summed E-state index contributed by atoms with van der Waals surface area (Å²) in [6.07, 6.45) is 0. The highest BCUT2D eigenvalue weighted by molar-refractivity contribution is 5.46. The van der Waals surface area contributed by atoms with E-state index in [1.165, 1.54) is 13.0 Å². The molecule has 0 amide bonds. The molecule has 1 nitrogen and oxygen atoms in total. The van der Waals surface area contributed by atoms with Crippen LogP contribution in [0.5, 0.6) is 0 Å². The molecule has 0 spiro atoms. The highest BCUT2D eigenvalue weighted by Gasteiger charge is 2.09. The number of nitrogens with two attached hydrogens (primary N) is 1. The number of benzene rings is 1. The number of aryl methyl sites for hydroxylation is 1. The first-order chi connectivity index (χ1) is 5.04. The van der Waals surface area contributed by atoms with Crippen molar-refractivity contribution in [3.63, 3.8) is 0 Å². The van der Waals surface area contributed by atoms with Crippen molar-refractivity contribution in [2.75, 3.05) is 5.73 Å². The summed E-state index contributed by atoms with van der Waals surface area (Å²) in [5, 5.41) is 0. The first kappa shape index (κ1) is 7.98. The molecule has 0 aromatic heterocycles. The van der Waals surface area contributed by atoms with Crippen molar-refractivity contribution in [2.24, 2.45) is 0 Å². The van der Waals surface area contributed by atoms with Crippen LogP contribution in [0.15, 0.2) is 6.07 Å². The number of rotatable bonds is 0. The van der Waals surface area contributed by atoms with E-state index in [0.29, 0.717) is 5.56 Å². The molecule has 0 aliphatic heterocycles. The van der Waals surface area contributed by atoms with Crippen LogP contribution in [-0.2, 0) is 0 Å². The highest BCUT2D eigenvalue weighted by Crippen LogP contribution is 2.20. The van der Waals surface area contributed by atoms with Crippen LogP contribution in [0.25, 0.3) is 0 Å². The Bertz CT molecular complexity index is 268. The van der Waals surface area contributed by atoms with Gasteiger partial charge in [-0.2, -0.15) is 0 Å².